The van der Waals surface area contributed by atoms with Gasteiger partial charge in [0.15, 0.2) is 0 Å². The summed E-state index contributed by atoms with van der Waals surface area (Å²) < 4.78 is 7.31. The van der Waals surface area contributed by atoms with Crippen LogP contribution in [-0.4, -0.2) is 28.8 Å². The molecule has 2 rings (SSSR count). The van der Waals surface area contributed by atoms with E-state index in [0.717, 1.165) is 23.2 Å². The highest BCUT2D eigenvalue weighted by molar-refractivity contribution is 6.83. The van der Waals surface area contributed by atoms with Crippen LogP contribution in [0.1, 0.15) is 29.5 Å². The summed E-state index contributed by atoms with van der Waals surface area (Å²) in [6.07, 6.45) is 0.936. The van der Waals surface area contributed by atoms with Crippen molar-refractivity contribution in [2.24, 2.45) is 0 Å². The highest BCUT2D eigenvalue weighted by Crippen LogP contribution is 2.28. The van der Waals surface area contributed by atoms with Crippen LogP contribution in [0.5, 0.6) is 0 Å². The fraction of sp³-hybridized carbons (Fsp3) is 0.333. The predicted octanol–water partition coefficient (Wildman–Crippen LogP) is 3.84. The molecule has 2 aromatic rings. The van der Waals surface area contributed by atoms with Crippen molar-refractivity contribution >= 4 is 22.6 Å². The van der Waals surface area contributed by atoms with Crippen molar-refractivity contribution in [3.63, 3.8) is 0 Å². The molecule has 5 heteroatoms. The van der Waals surface area contributed by atoms with Gasteiger partial charge in [0.1, 0.15) is 5.69 Å². The zero-order chi connectivity index (χ0) is 16.8. The fourth-order valence-corrected chi connectivity index (χ4v) is 2.63. The zero-order valence-corrected chi connectivity index (χ0v) is 14.1. The minimum Gasteiger partial charge on any atom is -0.380 e. The fourth-order valence-electron chi connectivity index (χ4n) is 2.54. The molecule has 0 N–H and O–H groups in total. The highest BCUT2D eigenvalue weighted by atomic mass is 35.5. The molecule has 0 spiro atoms. The van der Waals surface area contributed by atoms with E-state index in [4.69, 9.17) is 16.3 Å². The number of benzene rings is 1. The number of nitrogens with zero attached hydrogens (tertiary/aromatic N) is 1. The molecule has 0 saturated heterocycles. The number of ketones is 1. The summed E-state index contributed by atoms with van der Waals surface area (Å²) >= 11 is 5.45. The molecule has 4 nitrogen and oxygen atoms in total. The van der Waals surface area contributed by atoms with Crippen LogP contribution < -0.4 is 0 Å². The minimum atomic E-state index is -0.976. The first kappa shape index (κ1) is 17.4. The van der Waals surface area contributed by atoms with Gasteiger partial charge in [0.25, 0.3) is 11.0 Å². The Kier molecular flexibility index (Phi) is 6.13. The SMILES string of the molecule is CCCOCCn1c(C)cc(-c2ccccc2)c1C(=O)C(=O)Cl. The largest absolute Gasteiger partial charge is 0.380 e. The molecular formula is C18H20ClNO3. The highest BCUT2D eigenvalue weighted by Gasteiger charge is 2.24. The number of aromatic nitrogens is 1. The van der Waals surface area contributed by atoms with Crippen molar-refractivity contribution in [3.05, 3.63) is 47.8 Å². The average molecular weight is 334 g/mol. The van der Waals surface area contributed by atoms with Crippen LogP contribution in [0.25, 0.3) is 11.1 Å². The van der Waals surface area contributed by atoms with Crippen LogP contribution >= 0.6 is 11.6 Å². The van der Waals surface area contributed by atoms with E-state index in [1.807, 2.05) is 50.2 Å². The molecular weight excluding hydrogens is 314 g/mol. The van der Waals surface area contributed by atoms with Gasteiger partial charge in [0.05, 0.1) is 6.61 Å². The van der Waals surface area contributed by atoms with Crippen molar-refractivity contribution in [3.8, 4) is 11.1 Å². The maximum atomic E-state index is 12.3. The molecule has 0 bridgehead atoms. The number of halogens is 1. The normalized spacial score (nSPS) is 10.7. The zero-order valence-electron chi connectivity index (χ0n) is 13.3. The van der Waals surface area contributed by atoms with Gasteiger partial charge >= 0.3 is 0 Å². The van der Waals surface area contributed by atoms with Gasteiger partial charge in [-0.05, 0) is 36.6 Å². The lowest BCUT2D eigenvalue weighted by molar-refractivity contribution is -0.108. The van der Waals surface area contributed by atoms with E-state index in [9.17, 15) is 9.59 Å². The topological polar surface area (TPSA) is 48.3 Å². The van der Waals surface area contributed by atoms with Crippen LogP contribution in [0.2, 0.25) is 0 Å². The van der Waals surface area contributed by atoms with Crippen LogP contribution in [0.15, 0.2) is 36.4 Å². The maximum absolute atomic E-state index is 12.3. The molecule has 0 aliphatic rings. The Morgan fingerprint density at radius 3 is 2.48 bits per heavy atom. The first-order valence-corrected chi connectivity index (χ1v) is 8.01. The van der Waals surface area contributed by atoms with Gasteiger partial charge in [-0.15, -0.1) is 0 Å². The third-order valence-electron chi connectivity index (χ3n) is 3.59. The second-order valence-electron chi connectivity index (χ2n) is 5.28. The van der Waals surface area contributed by atoms with Crippen molar-refractivity contribution in [2.45, 2.75) is 26.8 Å². The smallest absolute Gasteiger partial charge is 0.294 e. The molecule has 1 aromatic heterocycles. The van der Waals surface area contributed by atoms with E-state index in [0.29, 0.717) is 25.5 Å². The van der Waals surface area contributed by atoms with E-state index in [1.165, 1.54) is 0 Å². The number of hydrogen-bond acceptors (Lipinski definition) is 3. The molecule has 122 valence electrons. The van der Waals surface area contributed by atoms with Gasteiger partial charge in [-0.1, -0.05) is 37.3 Å². The van der Waals surface area contributed by atoms with Crippen LogP contribution in [0, 0.1) is 6.92 Å². The number of carbonyl (C=O) groups is 2. The van der Waals surface area contributed by atoms with Gasteiger partial charge in [0, 0.05) is 24.4 Å². The van der Waals surface area contributed by atoms with Crippen molar-refractivity contribution in [1.29, 1.82) is 0 Å². The average Bonchev–Trinajstić information content (AvgIpc) is 2.88. The summed E-state index contributed by atoms with van der Waals surface area (Å²) in [7, 11) is 0. The first-order valence-electron chi connectivity index (χ1n) is 7.63. The predicted molar refractivity (Wildman–Crippen MR) is 90.9 cm³/mol. The van der Waals surface area contributed by atoms with Gasteiger partial charge in [-0.2, -0.15) is 0 Å². The number of aryl methyl sites for hydroxylation is 1. The lowest BCUT2D eigenvalue weighted by Gasteiger charge is -2.11. The molecule has 0 amide bonds. The summed E-state index contributed by atoms with van der Waals surface area (Å²) in [4.78, 5) is 23.8. The summed E-state index contributed by atoms with van der Waals surface area (Å²) in [5, 5.41) is -0.976. The quantitative estimate of drug-likeness (QED) is 0.319. The molecule has 0 radical (unpaired) electrons. The third kappa shape index (κ3) is 4.09. The van der Waals surface area contributed by atoms with Gasteiger partial charge in [-0.25, -0.2) is 0 Å². The molecule has 0 aliphatic heterocycles. The minimum absolute atomic E-state index is 0.328. The van der Waals surface area contributed by atoms with E-state index < -0.39 is 11.0 Å². The number of ether oxygens (including phenoxy) is 1. The summed E-state index contributed by atoms with van der Waals surface area (Å²) in [6.45, 7) is 5.60. The second kappa shape index (κ2) is 8.09. The Balaban J connectivity index is 2.43. The molecule has 0 saturated carbocycles. The number of Topliss-reactive ketones (excluding diaryl/α,β-unsaturated/α-hetero) is 1. The Labute approximate surface area is 141 Å². The summed E-state index contributed by atoms with van der Waals surface area (Å²) in [5.74, 6) is -0.686. The van der Waals surface area contributed by atoms with Gasteiger partial charge < -0.3 is 9.30 Å². The van der Waals surface area contributed by atoms with E-state index >= 15 is 0 Å². The van der Waals surface area contributed by atoms with Gasteiger partial charge in [0.2, 0.25) is 0 Å². The third-order valence-corrected chi connectivity index (χ3v) is 3.76. The monoisotopic (exact) mass is 333 g/mol. The van der Waals surface area contributed by atoms with Crippen LogP contribution in [0.4, 0.5) is 0 Å². The molecule has 0 atom stereocenters. The second-order valence-corrected chi connectivity index (χ2v) is 5.62. The van der Waals surface area contributed by atoms with Crippen LogP contribution in [-0.2, 0) is 16.1 Å². The molecule has 1 heterocycles. The number of carbonyl (C=O) groups excluding carboxylic acids is 2. The lowest BCUT2D eigenvalue weighted by Crippen LogP contribution is -2.18. The molecule has 0 aliphatic carbocycles. The molecule has 1 aromatic carbocycles. The van der Waals surface area contributed by atoms with E-state index in [2.05, 4.69) is 0 Å². The summed E-state index contributed by atoms with van der Waals surface area (Å²) in [6, 6.07) is 11.4. The van der Waals surface area contributed by atoms with E-state index in [-0.39, 0.29) is 0 Å². The van der Waals surface area contributed by atoms with Crippen molar-refractivity contribution in [1.82, 2.24) is 4.57 Å². The Morgan fingerprint density at radius 1 is 1.17 bits per heavy atom. The number of rotatable bonds is 8. The lowest BCUT2D eigenvalue weighted by atomic mass is 10.0. The molecule has 23 heavy (non-hydrogen) atoms. The van der Waals surface area contributed by atoms with Crippen LogP contribution in [0.3, 0.4) is 0 Å². The summed E-state index contributed by atoms with van der Waals surface area (Å²) in [5.41, 5.74) is 2.82. The standard InChI is InChI=1S/C18H20ClNO3/c1-3-10-23-11-9-20-13(2)12-15(14-7-5-4-6-8-14)16(20)17(21)18(19)22/h4-8,12H,3,9-11H2,1-2H3. The van der Waals surface area contributed by atoms with Crippen molar-refractivity contribution in [2.75, 3.05) is 13.2 Å². The van der Waals surface area contributed by atoms with E-state index in [1.54, 1.807) is 4.57 Å². The van der Waals surface area contributed by atoms with Gasteiger partial charge in [-0.3, -0.25) is 9.59 Å². The number of hydrogen-bond donors (Lipinski definition) is 0. The Morgan fingerprint density at radius 2 is 1.87 bits per heavy atom. The molecule has 0 unspecified atom stereocenters. The molecule has 0 fully saturated rings. The first-order chi connectivity index (χ1) is 11.1. The maximum Gasteiger partial charge on any atom is 0.294 e. The Bertz CT molecular complexity index is 692. The Hall–Kier alpha value is -1.91. The van der Waals surface area contributed by atoms with Crippen molar-refractivity contribution < 1.29 is 14.3 Å².